The van der Waals surface area contributed by atoms with Crippen molar-refractivity contribution in [1.82, 2.24) is 30.7 Å². The van der Waals surface area contributed by atoms with Crippen LogP contribution < -0.4 is 27.0 Å². The number of carboxylic acid groups (broad SMARTS) is 1. The van der Waals surface area contributed by atoms with Gasteiger partial charge in [0, 0.05) is 43.5 Å². The average Bonchev–Trinajstić information content (AvgIpc) is 3.87. The molecule has 5 amide bonds. The van der Waals surface area contributed by atoms with E-state index in [0.717, 1.165) is 29.9 Å². The number of thiazole rings is 1. The molecule has 2 aromatic rings. The topological polar surface area (TPSA) is 242 Å². The fourth-order valence-corrected chi connectivity index (χ4v) is 8.54. The van der Waals surface area contributed by atoms with Crippen LogP contribution in [0.4, 0.5) is 5.69 Å². The lowest BCUT2D eigenvalue weighted by Gasteiger charge is -2.38. The van der Waals surface area contributed by atoms with Gasteiger partial charge in [0.05, 0.1) is 17.5 Å². The first-order chi connectivity index (χ1) is 29.9. The van der Waals surface area contributed by atoms with Crippen molar-refractivity contribution in [2.45, 2.75) is 150 Å². The second-order valence-electron chi connectivity index (χ2n) is 18.3. The summed E-state index contributed by atoms with van der Waals surface area (Å²) in [4.78, 5) is 99.5. The van der Waals surface area contributed by atoms with Gasteiger partial charge in [-0.1, -0.05) is 67.0 Å². The fraction of sp³-hybridized carbons (Fsp3) is 0.652. The third-order valence-electron chi connectivity index (χ3n) is 12.5. The van der Waals surface area contributed by atoms with Gasteiger partial charge >= 0.3 is 11.9 Å². The second kappa shape index (κ2) is 23.8. The minimum atomic E-state index is -1.02. The van der Waals surface area contributed by atoms with E-state index in [2.05, 4.69) is 26.3 Å². The zero-order valence-electron chi connectivity index (χ0n) is 39.7. The van der Waals surface area contributed by atoms with E-state index in [4.69, 9.17) is 10.5 Å². The van der Waals surface area contributed by atoms with Crippen molar-refractivity contribution in [2.75, 3.05) is 26.0 Å². The highest BCUT2D eigenvalue weighted by molar-refractivity contribution is 7.09. The molecule has 17 nitrogen and oxygen atoms in total. The molecule has 3 rings (SSSR count). The smallest absolute Gasteiger partial charge is 0.306 e. The van der Waals surface area contributed by atoms with E-state index in [1.165, 1.54) is 6.92 Å². The number of carboxylic acids is 1. The summed E-state index contributed by atoms with van der Waals surface area (Å²) >= 11 is 1.13. The molecule has 1 aromatic carbocycles. The first-order valence-corrected chi connectivity index (χ1v) is 23.2. The summed E-state index contributed by atoms with van der Waals surface area (Å²) < 4.78 is 5.80. The van der Waals surface area contributed by atoms with Crippen LogP contribution in [0.1, 0.15) is 129 Å². The summed E-state index contributed by atoms with van der Waals surface area (Å²) in [5, 5.41) is 23.0. The molecule has 0 radical (unpaired) electrons. The molecule has 18 heteroatoms. The number of hydrogen-bond donors (Lipinski definition) is 6. The van der Waals surface area contributed by atoms with Crippen molar-refractivity contribution < 1.29 is 43.4 Å². The fourth-order valence-electron chi connectivity index (χ4n) is 7.70. The number of anilines is 1. The molecule has 0 saturated carbocycles. The molecule has 1 aliphatic rings. The van der Waals surface area contributed by atoms with Gasteiger partial charge in [-0.05, 0) is 88.6 Å². The van der Waals surface area contributed by atoms with Gasteiger partial charge in [-0.3, -0.25) is 38.5 Å². The van der Waals surface area contributed by atoms with Crippen LogP contribution in [0.25, 0.3) is 0 Å². The van der Waals surface area contributed by atoms with Crippen molar-refractivity contribution in [1.29, 1.82) is 0 Å². The largest absolute Gasteiger partial charge is 0.481 e. The number of hydrogen-bond acceptors (Lipinski definition) is 12. The van der Waals surface area contributed by atoms with Crippen LogP contribution in [0.5, 0.6) is 0 Å². The van der Waals surface area contributed by atoms with Crippen LogP contribution in [-0.4, -0.2) is 118 Å². The Morgan fingerprint density at radius 3 is 2.12 bits per heavy atom. The van der Waals surface area contributed by atoms with Crippen LogP contribution >= 0.6 is 11.3 Å². The molecule has 1 unspecified atom stereocenters. The Hall–Kier alpha value is -4.94. The first-order valence-electron chi connectivity index (χ1n) is 22.3. The molecule has 9 atom stereocenters. The van der Waals surface area contributed by atoms with E-state index in [1.807, 2.05) is 60.4 Å². The van der Waals surface area contributed by atoms with Crippen molar-refractivity contribution in [3.8, 4) is 0 Å². The Morgan fingerprint density at radius 1 is 0.953 bits per heavy atom. The molecule has 0 bridgehead atoms. The maximum absolute atomic E-state index is 14.3. The number of benzene rings is 1. The van der Waals surface area contributed by atoms with Gasteiger partial charge in [0.1, 0.15) is 22.8 Å². The number of nitrogens with zero attached hydrogens (tertiary/aromatic N) is 3. The van der Waals surface area contributed by atoms with Crippen LogP contribution in [0, 0.1) is 23.7 Å². The lowest BCUT2D eigenvalue weighted by molar-refractivity contribution is -0.149. The van der Waals surface area contributed by atoms with E-state index in [1.54, 1.807) is 55.4 Å². The Labute approximate surface area is 382 Å². The maximum Gasteiger partial charge on any atom is 0.306 e. The molecule has 0 aliphatic carbocycles. The normalized spacial score (nSPS) is 19.0. The second-order valence-corrected chi connectivity index (χ2v) is 19.2. The summed E-state index contributed by atoms with van der Waals surface area (Å²) in [6.07, 6.45) is 1.86. The molecule has 1 saturated heterocycles. The quantitative estimate of drug-likeness (QED) is 0.0844. The number of carbonyl (C=O) groups is 7. The van der Waals surface area contributed by atoms with Crippen molar-refractivity contribution in [2.24, 2.45) is 29.4 Å². The zero-order valence-corrected chi connectivity index (χ0v) is 40.5. The highest BCUT2D eigenvalue weighted by Crippen LogP contribution is 2.32. The molecular weight excluding hydrogens is 841 g/mol. The van der Waals surface area contributed by atoms with E-state index in [0.29, 0.717) is 23.5 Å². The molecule has 64 heavy (non-hydrogen) atoms. The Morgan fingerprint density at radius 2 is 1.59 bits per heavy atom. The summed E-state index contributed by atoms with van der Waals surface area (Å²) in [6, 6.07) is 3.40. The maximum atomic E-state index is 14.3. The molecule has 2 heterocycles. The van der Waals surface area contributed by atoms with Gasteiger partial charge in [-0.2, -0.15) is 0 Å². The number of aromatic nitrogens is 1. The number of nitrogens with two attached hydrogens (primary N) is 1. The Bertz CT molecular complexity index is 1940. The standard InChI is InChI=1S/C46H72N8O9S/c1-13-27(6)38(52-45(62)46(10)19-14-20-53(46)11)43(59)54(12)35(25(2)3)23-36(63-30(9)55)42-51-34(24-64-42)40(57)50-33(21-28(7)44(60)61)22-31-15-17-32(18-16-31)49-39(56)29(8)48-41(58)37(47)26(4)5/h15-18,24-29,33,35-38H,13-14,19-23,47H2,1-12H3,(H,48,58)(H,49,56)(H,50,57)(H,52,62)(H,60,61)/t27?,28-,29-,33+,35+,36+,37-,38-,46+/m0/s1. The molecule has 7 N–H and O–H groups in total. The van der Waals surface area contributed by atoms with Gasteiger partial charge in [0.25, 0.3) is 5.91 Å². The van der Waals surface area contributed by atoms with Gasteiger partial charge < -0.3 is 41.7 Å². The van der Waals surface area contributed by atoms with Gasteiger partial charge in [0.15, 0.2) is 6.10 Å². The molecule has 1 fully saturated rings. The molecule has 1 aliphatic heterocycles. The lowest BCUT2D eigenvalue weighted by Crippen LogP contribution is -2.60. The van der Waals surface area contributed by atoms with Crippen molar-refractivity contribution in [3.63, 3.8) is 0 Å². The third kappa shape index (κ3) is 14.5. The number of ether oxygens (including phenoxy) is 1. The number of amides is 5. The minimum absolute atomic E-state index is 0.0502. The molecular formula is C46H72N8O9S. The summed E-state index contributed by atoms with van der Waals surface area (Å²) in [6.45, 7) is 18.5. The number of likely N-dealkylation sites (N-methyl/N-ethyl adjacent to an activating group) is 2. The van der Waals surface area contributed by atoms with Crippen LogP contribution in [-0.2, 0) is 39.9 Å². The minimum Gasteiger partial charge on any atom is -0.481 e. The Balaban J connectivity index is 1.78. The number of aliphatic carboxylic acids is 1. The van der Waals surface area contributed by atoms with E-state index in [-0.39, 0.29) is 54.5 Å². The summed E-state index contributed by atoms with van der Waals surface area (Å²) in [5.74, 6) is -4.60. The first kappa shape index (κ1) is 53.4. The predicted octanol–water partition coefficient (Wildman–Crippen LogP) is 4.51. The monoisotopic (exact) mass is 913 g/mol. The highest BCUT2D eigenvalue weighted by Gasteiger charge is 2.44. The molecule has 0 spiro atoms. The number of likely N-dealkylation sites (tertiary alicyclic amines) is 1. The third-order valence-corrected chi connectivity index (χ3v) is 13.5. The molecule has 356 valence electrons. The number of esters is 1. The predicted molar refractivity (Wildman–Crippen MR) is 246 cm³/mol. The van der Waals surface area contributed by atoms with Crippen LogP contribution in [0.15, 0.2) is 29.6 Å². The van der Waals surface area contributed by atoms with Gasteiger partial charge in [0.2, 0.25) is 23.6 Å². The number of carbonyl (C=O) groups excluding carboxylic acids is 6. The SMILES string of the molecule is CCC(C)[C@H](NC(=O)[C@@]1(C)CCCN1C)C(=O)N(C)[C@H](C[C@@H](OC(C)=O)c1nc(C(=O)N[C@@H](Cc2ccc(NC(=O)[C@H](C)NC(=O)[C@@H](N)C(C)C)cc2)C[C@H](C)C(=O)O)cs1)C(C)C. The lowest BCUT2D eigenvalue weighted by atomic mass is 9.91. The van der Waals surface area contributed by atoms with Gasteiger partial charge in [-0.25, -0.2) is 4.98 Å². The Kier molecular flexibility index (Phi) is 19.9. The van der Waals surface area contributed by atoms with E-state index < -0.39 is 77.4 Å². The van der Waals surface area contributed by atoms with E-state index in [9.17, 15) is 38.7 Å². The zero-order chi connectivity index (χ0) is 48.2. The van der Waals surface area contributed by atoms with E-state index >= 15 is 0 Å². The number of rotatable bonds is 23. The molecule has 1 aromatic heterocycles. The van der Waals surface area contributed by atoms with Gasteiger partial charge in [-0.15, -0.1) is 11.3 Å². The van der Waals surface area contributed by atoms with Crippen LogP contribution in [0.3, 0.4) is 0 Å². The van der Waals surface area contributed by atoms with Crippen molar-refractivity contribution >= 4 is 58.5 Å². The highest BCUT2D eigenvalue weighted by atomic mass is 32.1. The average molecular weight is 913 g/mol. The number of nitrogens with one attached hydrogen (secondary N) is 4. The summed E-state index contributed by atoms with van der Waals surface area (Å²) in [5.41, 5.74) is 6.46. The van der Waals surface area contributed by atoms with Crippen LogP contribution in [0.2, 0.25) is 0 Å². The summed E-state index contributed by atoms with van der Waals surface area (Å²) in [7, 11) is 3.61. The van der Waals surface area contributed by atoms with Crippen molar-refractivity contribution in [3.05, 3.63) is 45.9 Å².